The zero-order valence-electron chi connectivity index (χ0n) is 13.7. The summed E-state index contributed by atoms with van der Waals surface area (Å²) in [5, 5.41) is 0. The van der Waals surface area contributed by atoms with Gasteiger partial charge < -0.3 is 14.5 Å². The maximum absolute atomic E-state index is 12.5. The monoisotopic (exact) mass is 297 g/mol. The molecule has 0 saturated carbocycles. The van der Waals surface area contributed by atoms with Crippen LogP contribution in [0.25, 0.3) is 0 Å². The van der Waals surface area contributed by atoms with Gasteiger partial charge in [0.2, 0.25) is 5.91 Å². The first-order chi connectivity index (χ1) is 9.82. The van der Waals surface area contributed by atoms with Crippen LogP contribution in [-0.2, 0) is 9.53 Å². The van der Waals surface area contributed by atoms with E-state index in [9.17, 15) is 9.59 Å². The van der Waals surface area contributed by atoms with Gasteiger partial charge in [0.1, 0.15) is 0 Å². The smallest absolute Gasteiger partial charge is 0.409 e. The third-order valence-electron chi connectivity index (χ3n) is 3.54. The number of allylic oxidation sites excluding steroid dienone is 2. The molecule has 1 aliphatic carbocycles. The summed E-state index contributed by atoms with van der Waals surface area (Å²) in [7, 11) is 8.97. The summed E-state index contributed by atoms with van der Waals surface area (Å²) >= 11 is 0. The van der Waals surface area contributed by atoms with Gasteiger partial charge in [-0.05, 0) is 26.9 Å². The Kier molecular flexibility index (Phi) is 6.68. The van der Waals surface area contributed by atoms with Crippen molar-refractivity contribution in [3.05, 3.63) is 12.2 Å². The first-order valence-corrected chi connectivity index (χ1v) is 7.21. The van der Waals surface area contributed by atoms with E-state index in [-0.39, 0.29) is 30.4 Å². The first kappa shape index (κ1) is 17.5. The van der Waals surface area contributed by atoms with Crippen LogP contribution in [0.5, 0.6) is 0 Å². The molecule has 2 amide bonds. The highest BCUT2D eigenvalue weighted by Gasteiger charge is 2.32. The summed E-state index contributed by atoms with van der Waals surface area (Å²) in [5.74, 6) is 0.0462. The van der Waals surface area contributed by atoms with Crippen LogP contribution in [0.2, 0.25) is 0 Å². The van der Waals surface area contributed by atoms with E-state index >= 15 is 0 Å². The fourth-order valence-electron chi connectivity index (χ4n) is 2.44. The lowest BCUT2D eigenvalue weighted by atomic mass is 9.82. The Bertz CT molecular complexity index is 394. The molecule has 0 aromatic heterocycles. The number of hydrogen-bond donors (Lipinski definition) is 0. The Morgan fingerprint density at radius 1 is 1.10 bits per heavy atom. The van der Waals surface area contributed by atoms with Gasteiger partial charge >= 0.3 is 6.09 Å². The summed E-state index contributed by atoms with van der Waals surface area (Å²) in [6.07, 6.45) is 5.21. The average Bonchev–Trinajstić information content (AvgIpc) is 2.43. The number of ether oxygens (including phenoxy) is 1. The van der Waals surface area contributed by atoms with Crippen molar-refractivity contribution in [2.24, 2.45) is 11.8 Å². The molecule has 2 atom stereocenters. The normalized spacial score (nSPS) is 21.2. The Labute approximate surface area is 127 Å². The van der Waals surface area contributed by atoms with E-state index in [0.29, 0.717) is 13.1 Å². The third-order valence-corrected chi connectivity index (χ3v) is 3.54. The molecule has 0 radical (unpaired) electrons. The number of rotatable bonds is 5. The molecule has 2 unspecified atom stereocenters. The number of carbonyl (C=O) groups excluding carboxylic acids is 2. The molecule has 0 spiro atoms. The van der Waals surface area contributed by atoms with Gasteiger partial charge in [0.05, 0.1) is 13.3 Å². The predicted octanol–water partition coefficient (Wildman–Crippen LogP) is 1.24. The van der Waals surface area contributed by atoms with Crippen molar-refractivity contribution in [3.8, 4) is 0 Å². The van der Waals surface area contributed by atoms with Crippen molar-refractivity contribution in [1.82, 2.24) is 14.7 Å². The molecule has 0 aliphatic heterocycles. The molecule has 6 nitrogen and oxygen atoms in total. The SMILES string of the molecule is CN(C)CN(C)C(=O)C1CC=CCC1COC(=O)N(C)C. The third kappa shape index (κ3) is 5.38. The molecular weight excluding hydrogens is 270 g/mol. The van der Waals surface area contributed by atoms with Gasteiger partial charge in [-0.2, -0.15) is 0 Å². The van der Waals surface area contributed by atoms with Crippen molar-refractivity contribution in [2.75, 3.05) is 48.5 Å². The van der Waals surface area contributed by atoms with Crippen molar-refractivity contribution in [3.63, 3.8) is 0 Å². The minimum Gasteiger partial charge on any atom is -0.449 e. The van der Waals surface area contributed by atoms with Gasteiger partial charge in [-0.15, -0.1) is 0 Å². The Balaban J connectivity index is 2.63. The van der Waals surface area contributed by atoms with E-state index in [1.807, 2.05) is 32.1 Å². The Morgan fingerprint density at radius 3 is 2.29 bits per heavy atom. The summed E-state index contributed by atoms with van der Waals surface area (Å²) < 4.78 is 5.26. The van der Waals surface area contributed by atoms with Crippen LogP contribution in [0.4, 0.5) is 4.79 Å². The second-order valence-corrected chi connectivity index (χ2v) is 6.04. The van der Waals surface area contributed by atoms with Crippen LogP contribution >= 0.6 is 0 Å². The molecule has 1 aliphatic rings. The van der Waals surface area contributed by atoms with E-state index in [4.69, 9.17) is 4.74 Å². The second kappa shape index (κ2) is 8.02. The van der Waals surface area contributed by atoms with E-state index in [2.05, 4.69) is 6.08 Å². The largest absolute Gasteiger partial charge is 0.449 e. The fourth-order valence-corrected chi connectivity index (χ4v) is 2.44. The van der Waals surface area contributed by atoms with Crippen LogP contribution in [0.1, 0.15) is 12.8 Å². The molecule has 0 N–H and O–H groups in total. The van der Waals surface area contributed by atoms with Gasteiger partial charge in [-0.3, -0.25) is 9.69 Å². The second-order valence-electron chi connectivity index (χ2n) is 6.04. The lowest BCUT2D eigenvalue weighted by Crippen LogP contribution is -2.42. The van der Waals surface area contributed by atoms with E-state index < -0.39 is 0 Å². The maximum Gasteiger partial charge on any atom is 0.409 e. The fraction of sp³-hybridized carbons (Fsp3) is 0.733. The number of amides is 2. The van der Waals surface area contributed by atoms with Crippen LogP contribution in [0.15, 0.2) is 12.2 Å². The molecule has 6 heteroatoms. The maximum atomic E-state index is 12.5. The highest BCUT2D eigenvalue weighted by Crippen LogP contribution is 2.27. The molecule has 0 saturated heterocycles. The Morgan fingerprint density at radius 2 is 1.71 bits per heavy atom. The standard InChI is InChI=1S/C15H27N3O3/c1-16(2)11-18(5)14(19)13-9-7-6-8-12(13)10-21-15(20)17(3)4/h6-7,12-13H,8-11H2,1-5H3. The molecule has 0 aromatic rings. The lowest BCUT2D eigenvalue weighted by Gasteiger charge is -2.32. The van der Waals surface area contributed by atoms with E-state index in [0.717, 1.165) is 6.42 Å². The molecule has 1 rings (SSSR count). The van der Waals surface area contributed by atoms with Crippen molar-refractivity contribution >= 4 is 12.0 Å². The molecule has 0 bridgehead atoms. The number of nitrogens with zero attached hydrogens (tertiary/aromatic N) is 3. The van der Waals surface area contributed by atoms with Crippen molar-refractivity contribution in [2.45, 2.75) is 12.8 Å². The van der Waals surface area contributed by atoms with Gasteiger partial charge in [0.25, 0.3) is 0 Å². The van der Waals surface area contributed by atoms with E-state index in [1.54, 1.807) is 19.0 Å². The van der Waals surface area contributed by atoms with Gasteiger partial charge in [-0.25, -0.2) is 4.79 Å². The van der Waals surface area contributed by atoms with Crippen molar-refractivity contribution < 1.29 is 14.3 Å². The topological polar surface area (TPSA) is 53.1 Å². The van der Waals surface area contributed by atoms with Crippen LogP contribution in [0, 0.1) is 11.8 Å². The van der Waals surface area contributed by atoms with E-state index in [1.165, 1.54) is 4.90 Å². The summed E-state index contributed by atoms with van der Waals surface area (Å²) in [4.78, 5) is 29.1. The average molecular weight is 297 g/mol. The lowest BCUT2D eigenvalue weighted by molar-refractivity contribution is -0.138. The highest BCUT2D eigenvalue weighted by molar-refractivity contribution is 5.79. The van der Waals surface area contributed by atoms with Gasteiger partial charge in [0, 0.05) is 33.0 Å². The molecular formula is C15H27N3O3. The number of hydrogen-bond acceptors (Lipinski definition) is 4. The molecule has 0 heterocycles. The summed E-state index contributed by atoms with van der Waals surface area (Å²) in [6, 6.07) is 0. The van der Waals surface area contributed by atoms with Crippen molar-refractivity contribution in [1.29, 1.82) is 0 Å². The molecule has 0 fully saturated rings. The summed E-state index contributed by atoms with van der Waals surface area (Å²) in [6.45, 7) is 0.872. The molecule has 0 aromatic carbocycles. The zero-order chi connectivity index (χ0) is 16.0. The quantitative estimate of drug-likeness (QED) is 0.566. The molecule has 120 valence electrons. The highest BCUT2D eigenvalue weighted by atomic mass is 16.6. The van der Waals surface area contributed by atoms with Gasteiger partial charge in [-0.1, -0.05) is 12.2 Å². The van der Waals surface area contributed by atoms with Gasteiger partial charge in [0.15, 0.2) is 0 Å². The summed E-state index contributed by atoms with van der Waals surface area (Å²) in [5.41, 5.74) is 0. The predicted molar refractivity (Wildman–Crippen MR) is 81.7 cm³/mol. The van der Waals surface area contributed by atoms with Crippen LogP contribution < -0.4 is 0 Å². The molecule has 21 heavy (non-hydrogen) atoms. The number of carbonyl (C=O) groups is 2. The minimum atomic E-state index is -0.364. The van der Waals surface area contributed by atoms with Crippen LogP contribution in [-0.4, -0.2) is 75.2 Å². The minimum absolute atomic E-state index is 0.0519. The van der Waals surface area contributed by atoms with Crippen LogP contribution in [0.3, 0.4) is 0 Å². The zero-order valence-corrected chi connectivity index (χ0v) is 13.7. The first-order valence-electron chi connectivity index (χ1n) is 7.21. The Hall–Kier alpha value is -1.56.